The summed E-state index contributed by atoms with van der Waals surface area (Å²) in [5.74, 6) is -0.129. The van der Waals surface area contributed by atoms with Gasteiger partial charge in [0.1, 0.15) is 12.4 Å². The van der Waals surface area contributed by atoms with Crippen molar-refractivity contribution < 1.29 is 19.4 Å². The second-order valence-corrected chi connectivity index (χ2v) is 7.01. The minimum absolute atomic E-state index is 0.0946. The van der Waals surface area contributed by atoms with E-state index in [4.69, 9.17) is 4.74 Å². The summed E-state index contributed by atoms with van der Waals surface area (Å²) in [4.78, 5) is 28.5. The molecule has 0 unspecified atom stereocenters. The molecule has 7 heteroatoms. The van der Waals surface area contributed by atoms with E-state index in [0.717, 1.165) is 24.0 Å². The van der Waals surface area contributed by atoms with Gasteiger partial charge in [-0.25, -0.2) is 14.6 Å². The number of rotatable bonds is 7. The predicted molar refractivity (Wildman–Crippen MR) is 107 cm³/mol. The van der Waals surface area contributed by atoms with E-state index in [2.05, 4.69) is 10.3 Å². The zero-order valence-electron chi connectivity index (χ0n) is 15.7. The number of ether oxygens (including phenoxy) is 1. The number of anilines is 1. The van der Waals surface area contributed by atoms with Gasteiger partial charge < -0.3 is 14.4 Å². The zero-order chi connectivity index (χ0) is 20.2. The Hall–Kier alpha value is -3.61. The first-order chi connectivity index (χ1) is 14.1. The van der Waals surface area contributed by atoms with Crippen molar-refractivity contribution >= 4 is 17.9 Å². The summed E-state index contributed by atoms with van der Waals surface area (Å²) in [6.45, 7) is 0.513. The Bertz CT molecular complexity index is 1010. The summed E-state index contributed by atoms with van der Waals surface area (Å²) in [6, 6.07) is 19.0. The molecule has 1 amide bonds. The van der Waals surface area contributed by atoms with Gasteiger partial charge in [0.2, 0.25) is 0 Å². The van der Waals surface area contributed by atoms with Crippen LogP contribution in [0.2, 0.25) is 0 Å². The van der Waals surface area contributed by atoms with Gasteiger partial charge in [0, 0.05) is 5.92 Å². The highest BCUT2D eigenvalue weighted by Crippen LogP contribution is 2.41. The second kappa shape index (κ2) is 8.18. The van der Waals surface area contributed by atoms with Gasteiger partial charge in [0.15, 0.2) is 11.5 Å². The number of carbonyl (C=O) groups is 2. The van der Waals surface area contributed by atoms with Crippen LogP contribution in [0.15, 0.2) is 60.7 Å². The highest BCUT2D eigenvalue weighted by Gasteiger charge is 2.33. The van der Waals surface area contributed by atoms with Crippen molar-refractivity contribution in [2.75, 3.05) is 5.32 Å². The average Bonchev–Trinajstić information content (AvgIpc) is 3.52. The molecule has 1 heterocycles. The van der Waals surface area contributed by atoms with E-state index < -0.39 is 12.1 Å². The van der Waals surface area contributed by atoms with Crippen molar-refractivity contribution in [2.24, 2.45) is 0 Å². The third-order valence-corrected chi connectivity index (χ3v) is 4.76. The molecule has 7 nitrogen and oxygen atoms in total. The molecule has 2 aromatic carbocycles. The predicted octanol–water partition coefficient (Wildman–Crippen LogP) is 4.26. The Morgan fingerprint density at radius 2 is 1.66 bits per heavy atom. The fraction of sp³-hybridized carbons (Fsp3) is 0.227. The van der Waals surface area contributed by atoms with Gasteiger partial charge in [-0.05, 0) is 24.0 Å². The molecule has 0 aliphatic heterocycles. The minimum Gasteiger partial charge on any atom is -0.476 e. The zero-order valence-corrected chi connectivity index (χ0v) is 15.7. The number of aromatic nitrogens is 2. The lowest BCUT2D eigenvalue weighted by Gasteiger charge is -2.13. The van der Waals surface area contributed by atoms with Crippen molar-refractivity contribution in [1.29, 1.82) is 0 Å². The largest absolute Gasteiger partial charge is 0.476 e. The SMILES string of the molecule is O=C(Nc1c(C(=O)O)nc(C2CC2)n1Cc1ccccc1)OCc1ccccc1. The van der Waals surface area contributed by atoms with E-state index in [1.807, 2.05) is 60.7 Å². The minimum atomic E-state index is -1.18. The lowest BCUT2D eigenvalue weighted by atomic mass is 10.2. The number of nitrogens with zero attached hydrogens (tertiary/aromatic N) is 2. The summed E-state index contributed by atoms with van der Waals surface area (Å²) < 4.78 is 7.05. The maximum absolute atomic E-state index is 12.4. The molecule has 3 aromatic rings. The number of amides is 1. The molecule has 1 aliphatic carbocycles. The number of benzene rings is 2. The van der Waals surface area contributed by atoms with Crippen LogP contribution in [-0.4, -0.2) is 26.7 Å². The number of hydrogen-bond acceptors (Lipinski definition) is 4. The quantitative estimate of drug-likeness (QED) is 0.628. The molecule has 0 atom stereocenters. The molecule has 148 valence electrons. The highest BCUT2D eigenvalue weighted by molar-refractivity contribution is 5.96. The van der Waals surface area contributed by atoms with Crippen LogP contribution in [-0.2, 0) is 17.9 Å². The van der Waals surface area contributed by atoms with Crippen LogP contribution in [0.25, 0.3) is 0 Å². The first-order valence-corrected chi connectivity index (χ1v) is 9.47. The Morgan fingerprint density at radius 3 is 2.24 bits per heavy atom. The summed E-state index contributed by atoms with van der Waals surface area (Å²) in [5.41, 5.74) is 1.67. The monoisotopic (exact) mass is 391 g/mol. The molecule has 29 heavy (non-hydrogen) atoms. The van der Waals surface area contributed by atoms with Crippen LogP contribution in [0.3, 0.4) is 0 Å². The second-order valence-electron chi connectivity index (χ2n) is 7.01. The fourth-order valence-corrected chi connectivity index (χ4v) is 3.18. The van der Waals surface area contributed by atoms with E-state index >= 15 is 0 Å². The third-order valence-electron chi connectivity index (χ3n) is 4.76. The molecule has 1 aromatic heterocycles. The van der Waals surface area contributed by atoms with E-state index in [0.29, 0.717) is 12.4 Å². The molecular weight excluding hydrogens is 370 g/mol. The first-order valence-electron chi connectivity index (χ1n) is 9.47. The Labute approximate surface area is 168 Å². The average molecular weight is 391 g/mol. The number of nitrogens with one attached hydrogen (secondary N) is 1. The number of aromatic carboxylic acids is 1. The van der Waals surface area contributed by atoms with Crippen LogP contribution < -0.4 is 5.32 Å². The van der Waals surface area contributed by atoms with Crippen LogP contribution in [0.4, 0.5) is 10.6 Å². The number of carboxylic acids is 1. The first kappa shape index (κ1) is 18.7. The Kier molecular flexibility index (Phi) is 5.29. The Morgan fingerprint density at radius 1 is 1.03 bits per heavy atom. The van der Waals surface area contributed by atoms with Gasteiger partial charge in [-0.15, -0.1) is 0 Å². The molecule has 4 rings (SSSR count). The molecule has 0 spiro atoms. The summed E-state index contributed by atoms with van der Waals surface area (Å²) >= 11 is 0. The summed E-state index contributed by atoms with van der Waals surface area (Å²) in [6.07, 6.45) is 1.21. The molecule has 0 radical (unpaired) electrons. The smallest absolute Gasteiger partial charge is 0.413 e. The van der Waals surface area contributed by atoms with Crippen molar-refractivity contribution in [2.45, 2.75) is 31.9 Å². The van der Waals surface area contributed by atoms with Gasteiger partial charge in [-0.3, -0.25) is 5.32 Å². The molecular formula is C22H21N3O4. The molecule has 1 fully saturated rings. The number of carbonyl (C=O) groups excluding carboxylic acids is 1. The lowest BCUT2D eigenvalue weighted by molar-refractivity contribution is 0.0692. The molecule has 2 N–H and O–H groups in total. The van der Waals surface area contributed by atoms with Crippen LogP contribution in [0.1, 0.15) is 46.2 Å². The standard InChI is InChI=1S/C22H21N3O4/c26-21(27)18-20(24-22(28)29-14-16-9-5-2-6-10-16)25(19(23-18)17-11-12-17)13-15-7-3-1-4-8-15/h1-10,17H,11-14H2,(H,24,28)(H,26,27). The van der Waals surface area contributed by atoms with Crippen molar-refractivity contribution in [3.05, 3.63) is 83.3 Å². The molecule has 0 saturated heterocycles. The van der Waals surface area contributed by atoms with E-state index in [-0.39, 0.29) is 24.0 Å². The maximum atomic E-state index is 12.4. The van der Waals surface area contributed by atoms with Crippen molar-refractivity contribution in [1.82, 2.24) is 9.55 Å². The van der Waals surface area contributed by atoms with Crippen LogP contribution in [0.5, 0.6) is 0 Å². The molecule has 1 saturated carbocycles. The highest BCUT2D eigenvalue weighted by atomic mass is 16.5. The fourth-order valence-electron chi connectivity index (χ4n) is 3.18. The van der Waals surface area contributed by atoms with Crippen molar-refractivity contribution in [3.8, 4) is 0 Å². The van der Waals surface area contributed by atoms with Crippen LogP contribution in [0, 0.1) is 0 Å². The van der Waals surface area contributed by atoms with E-state index in [9.17, 15) is 14.7 Å². The molecule has 0 bridgehead atoms. The number of hydrogen-bond donors (Lipinski definition) is 2. The number of carboxylic acid groups (broad SMARTS) is 1. The van der Waals surface area contributed by atoms with Gasteiger partial charge >= 0.3 is 12.1 Å². The van der Waals surface area contributed by atoms with Crippen LogP contribution >= 0.6 is 0 Å². The summed E-state index contributed by atoms with van der Waals surface area (Å²) in [7, 11) is 0. The Balaban J connectivity index is 1.59. The topological polar surface area (TPSA) is 93.5 Å². The molecule has 1 aliphatic rings. The normalized spacial score (nSPS) is 13.1. The summed E-state index contributed by atoms with van der Waals surface area (Å²) in [5, 5.41) is 12.2. The van der Waals surface area contributed by atoms with E-state index in [1.54, 1.807) is 4.57 Å². The third kappa shape index (κ3) is 4.45. The van der Waals surface area contributed by atoms with E-state index in [1.165, 1.54) is 0 Å². The van der Waals surface area contributed by atoms with Gasteiger partial charge in [0.25, 0.3) is 0 Å². The van der Waals surface area contributed by atoms with Gasteiger partial charge in [-0.1, -0.05) is 60.7 Å². The van der Waals surface area contributed by atoms with Crippen molar-refractivity contribution in [3.63, 3.8) is 0 Å². The lowest BCUT2D eigenvalue weighted by Crippen LogP contribution is -2.19. The number of imidazole rings is 1. The maximum Gasteiger partial charge on any atom is 0.413 e. The van der Waals surface area contributed by atoms with Gasteiger partial charge in [0.05, 0.1) is 6.54 Å². The van der Waals surface area contributed by atoms with Gasteiger partial charge in [-0.2, -0.15) is 0 Å².